The maximum absolute atomic E-state index is 12.9. The summed E-state index contributed by atoms with van der Waals surface area (Å²) in [5, 5.41) is 3.00. The first-order valence-electron chi connectivity index (χ1n) is 5.24. The first-order chi connectivity index (χ1) is 8.60. The van der Waals surface area contributed by atoms with Crippen molar-refractivity contribution in [2.45, 2.75) is 6.92 Å². The van der Waals surface area contributed by atoms with Crippen molar-refractivity contribution in [3.05, 3.63) is 40.8 Å². The molecule has 0 aliphatic rings. The molecule has 1 N–H and O–H groups in total. The van der Waals surface area contributed by atoms with E-state index in [1.54, 1.807) is 13.2 Å². The van der Waals surface area contributed by atoms with Gasteiger partial charge in [-0.3, -0.25) is 0 Å². The fourth-order valence-corrected chi connectivity index (χ4v) is 1.52. The molecule has 4 nitrogen and oxygen atoms in total. The molecule has 0 saturated carbocycles. The third-order valence-electron chi connectivity index (χ3n) is 2.25. The van der Waals surface area contributed by atoms with E-state index in [1.807, 2.05) is 6.92 Å². The molecular formula is C12H11ClFN3O. The van der Waals surface area contributed by atoms with Crippen molar-refractivity contribution in [2.24, 2.45) is 0 Å². The quantitative estimate of drug-likeness (QED) is 0.926. The van der Waals surface area contributed by atoms with E-state index in [0.29, 0.717) is 17.6 Å². The summed E-state index contributed by atoms with van der Waals surface area (Å²) in [7, 11) is 1.71. The van der Waals surface area contributed by atoms with Crippen molar-refractivity contribution >= 4 is 17.5 Å². The number of halogens is 2. The molecule has 0 fully saturated rings. The van der Waals surface area contributed by atoms with Crippen molar-refractivity contribution in [1.29, 1.82) is 0 Å². The number of rotatable bonds is 3. The van der Waals surface area contributed by atoms with Crippen molar-refractivity contribution in [2.75, 3.05) is 12.4 Å². The molecule has 0 atom stereocenters. The Hall–Kier alpha value is -1.88. The number of anilines is 1. The zero-order valence-electron chi connectivity index (χ0n) is 9.87. The minimum Gasteiger partial charge on any atom is -0.437 e. The van der Waals surface area contributed by atoms with Gasteiger partial charge in [0, 0.05) is 18.8 Å². The van der Waals surface area contributed by atoms with Gasteiger partial charge < -0.3 is 10.1 Å². The molecule has 0 amide bonds. The highest BCUT2D eigenvalue weighted by Crippen LogP contribution is 2.30. The third kappa shape index (κ3) is 2.68. The average molecular weight is 268 g/mol. The zero-order chi connectivity index (χ0) is 13.1. The Morgan fingerprint density at radius 1 is 1.39 bits per heavy atom. The summed E-state index contributed by atoms with van der Waals surface area (Å²) in [6.45, 7) is 1.81. The van der Waals surface area contributed by atoms with Crippen LogP contribution in [-0.4, -0.2) is 17.0 Å². The molecule has 0 unspecified atom stereocenters. The smallest absolute Gasteiger partial charge is 0.227 e. The van der Waals surface area contributed by atoms with E-state index in [-0.39, 0.29) is 5.02 Å². The number of hydrogen-bond acceptors (Lipinski definition) is 4. The van der Waals surface area contributed by atoms with Crippen LogP contribution in [-0.2, 0) is 0 Å². The molecule has 0 saturated heterocycles. The van der Waals surface area contributed by atoms with Crippen LogP contribution in [0.25, 0.3) is 0 Å². The van der Waals surface area contributed by atoms with Crippen LogP contribution >= 0.6 is 11.6 Å². The van der Waals surface area contributed by atoms with Crippen LogP contribution in [0.3, 0.4) is 0 Å². The molecule has 1 aromatic heterocycles. The van der Waals surface area contributed by atoms with Crippen LogP contribution < -0.4 is 10.1 Å². The lowest BCUT2D eigenvalue weighted by Gasteiger charge is -2.09. The molecule has 1 heterocycles. The Labute approximate surface area is 109 Å². The molecule has 0 spiro atoms. The van der Waals surface area contributed by atoms with E-state index in [1.165, 1.54) is 18.2 Å². The topological polar surface area (TPSA) is 47.0 Å². The fraction of sp³-hybridized carbons (Fsp3) is 0.167. The lowest BCUT2D eigenvalue weighted by atomic mass is 10.3. The SMILES string of the molecule is CNc1ncc(C)c(Oc2ccc(F)cc2Cl)n1. The van der Waals surface area contributed by atoms with Gasteiger partial charge in [0.15, 0.2) is 0 Å². The van der Waals surface area contributed by atoms with Crippen LogP contribution in [0.1, 0.15) is 5.56 Å². The standard InChI is InChI=1S/C12H11ClFN3O/c1-7-6-16-12(15-2)17-11(7)18-10-4-3-8(14)5-9(10)13/h3-6H,1-2H3,(H,15,16,17). The number of ether oxygens (including phenoxy) is 1. The molecule has 2 aromatic rings. The lowest BCUT2D eigenvalue weighted by Crippen LogP contribution is -2.00. The van der Waals surface area contributed by atoms with Crippen molar-refractivity contribution in [3.8, 4) is 11.6 Å². The van der Waals surface area contributed by atoms with Crippen LogP contribution in [0, 0.1) is 12.7 Å². The summed E-state index contributed by atoms with van der Waals surface area (Å²) >= 11 is 5.88. The van der Waals surface area contributed by atoms with E-state index in [9.17, 15) is 4.39 Å². The van der Waals surface area contributed by atoms with Gasteiger partial charge >= 0.3 is 0 Å². The van der Waals surface area contributed by atoms with Gasteiger partial charge in [-0.2, -0.15) is 4.98 Å². The molecule has 0 bridgehead atoms. The summed E-state index contributed by atoms with van der Waals surface area (Å²) in [6.07, 6.45) is 1.63. The second-order valence-corrected chi connectivity index (χ2v) is 4.02. The van der Waals surface area contributed by atoms with Crippen molar-refractivity contribution < 1.29 is 9.13 Å². The summed E-state index contributed by atoms with van der Waals surface area (Å²) < 4.78 is 18.5. The minimum absolute atomic E-state index is 0.194. The van der Waals surface area contributed by atoms with Crippen LogP contribution in [0.15, 0.2) is 24.4 Å². The minimum atomic E-state index is -0.414. The third-order valence-corrected chi connectivity index (χ3v) is 2.54. The van der Waals surface area contributed by atoms with E-state index in [2.05, 4.69) is 15.3 Å². The van der Waals surface area contributed by atoms with Gasteiger partial charge in [0.2, 0.25) is 11.8 Å². The summed E-state index contributed by atoms with van der Waals surface area (Å²) in [6, 6.07) is 3.92. The second kappa shape index (κ2) is 5.18. The van der Waals surface area contributed by atoms with E-state index in [0.717, 1.165) is 5.56 Å². The highest BCUT2D eigenvalue weighted by Gasteiger charge is 2.09. The molecule has 1 aromatic carbocycles. The average Bonchev–Trinajstić information content (AvgIpc) is 2.35. The van der Waals surface area contributed by atoms with Crippen LogP contribution in [0.4, 0.5) is 10.3 Å². The first kappa shape index (κ1) is 12.6. The molecule has 18 heavy (non-hydrogen) atoms. The van der Waals surface area contributed by atoms with Crippen molar-refractivity contribution in [1.82, 2.24) is 9.97 Å². The van der Waals surface area contributed by atoms with Crippen molar-refractivity contribution in [3.63, 3.8) is 0 Å². The summed E-state index contributed by atoms with van der Waals surface area (Å²) in [5.74, 6) is 0.751. The van der Waals surface area contributed by atoms with Gasteiger partial charge in [-0.15, -0.1) is 0 Å². The molecule has 94 valence electrons. The number of hydrogen-bond donors (Lipinski definition) is 1. The van der Waals surface area contributed by atoms with Gasteiger partial charge in [-0.1, -0.05) is 11.6 Å². The Morgan fingerprint density at radius 3 is 2.83 bits per heavy atom. The van der Waals surface area contributed by atoms with Gasteiger partial charge in [0.1, 0.15) is 11.6 Å². The van der Waals surface area contributed by atoms with E-state index < -0.39 is 5.82 Å². The maximum Gasteiger partial charge on any atom is 0.227 e. The summed E-state index contributed by atoms with van der Waals surface area (Å²) in [5.41, 5.74) is 0.759. The zero-order valence-corrected chi connectivity index (χ0v) is 10.6. The van der Waals surface area contributed by atoms with E-state index >= 15 is 0 Å². The summed E-state index contributed by atoms with van der Waals surface area (Å²) in [4.78, 5) is 8.19. The van der Waals surface area contributed by atoms with E-state index in [4.69, 9.17) is 16.3 Å². The second-order valence-electron chi connectivity index (χ2n) is 3.61. The number of aryl methyl sites for hydroxylation is 1. The molecular weight excluding hydrogens is 257 g/mol. The largest absolute Gasteiger partial charge is 0.437 e. The molecule has 0 aliphatic carbocycles. The maximum atomic E-state index is 12.9. The highest BCUT2D eigenvalue weighted by molar-refractivity contribution is 6.32. The predicted octanol–water partition coefficient (Wildman–Crippen LogP) is 3.41. The molecule has 0 radical (unpaired) electrons. The van der Waals surface area contributed by atoms with Gasteiger partial charge in [-0.05, 0) is 25.1 Å². The van der Waals surface area contributed by atoms with Gasteiger partial charge in [0.25, 0.3) is 0 Å². The first-order valence-corrected chi connectivity index (χ1v) is 5.62. The van der Waals surface area contributed by atoms with Gasteiger partial charge in [0.05, 0.1) is 5.02 Å². The van der Waals surface area contributed by atoms with Gasteiger partial charge in [-0.25, -0.2) is 9.37 Å². The lowest BCUT2D eigenvalue weighted by molar-refractivity contribution is 0.457. The molecule has 2 rings (SSSR count). The number of nitrogens with one attached hydrogen (secondary N) is 1. The Morgan fingerprint density at radius 2 is 2.17 bits per heavy atom. The number of benzene rings is 1. The predicted molar refractivity (Wildman–Crippen MR) is 67.8 cm³/mol. The molecule has 6 heteroatoms. The Bertz CT molecular complexity index is 577. The number of aromatic nitrogens is 2. The Balaban J connectivity index is 2.33. The fourth-order valence-electron chi connectivity index (χ4n) is 1.31. The molecule has 0 aliphatic heterocycles. The van der Waals surface area contributed by atoms with Crippen LogP contribution in [0.5, 0.6) is 11.6 Å². The number of nitrogens with zero attached hydrogens (tertiary/aromatic N) is 2. The van der Waals surface area contributed by atoms with Crippen LogP contribution in [0.2, 0.25) is 5.02 Å². The highest BCUT2D eigenvalue weighted by atomic mass is 35.5. The monoisotopic (exact) mass is 267 g/mol. The Kier molecular flexibility index (Phi) is 3.62. The normalized spacial score (nSPS) is 10.2.